The smallest absolute Gasteiger partial charge is 0.277 e. The van der Waals surface area contributed by atoms with E-state index in [9.17, 15) is 13.2 Å². The molecule has 0 amide bonds. The molecule has 0 N–H and O–H groups in total. The zero-order valence-electron chi connectivity index (χ0n) is 8.44. The highest BCUT2D eigenvalue weighted by Gasteiger charge is 2.35. The first kappa shape index (κ1) is 13.1. The number of hydrogen-bond acceptors (Lipinski definition) is 5. The molecule has 0 aliphatic rings. The van der Waals surface area contributed by atoms with Crippen LogP contribution in [0.15, 0.2) is 12.7 Å². The third kappa shape index (κ3) is 3.12. The molecule has 0 atom stereocenters. The average Bonchev–Trinajstić information content (AvgIpc) is 2.13. The third-order valence-electron chi connectivity index (χ3n) is 1.90. The van der Waals surface area contributed by atoms with Gasteiger partial charge in [-0.2, -0.15) is 8.42 Å². The van der Waals surface area contributed by atoms with Crippen molar-refractivity contribution in [2.45, 2.75) is 31.9 Å². The molecule has 0 saturated heterocycles. The highest BCUT2D eigenvalue weighted by molar-refractivity contribution is 7.88. The molecule has 0 aliphatic carbocycles. The molecule has 0 rings (SSSR count). The maximum Gasteiger partial charge on any atom is 0.366 e. The summed E-state index contributed by atoms with van der Waals surface area (Å²) in [6.07, 6.45) is 1.16. The van der Waals surface area contributed by atoms with Crippen molar-refractivity contribution < 1.29 is 22.4 Å². The van der Waals surface area contributed by atoms with Crippen molar-refractivity contribution in [1.82, 2.24) is 0 Å². The maximum atomic E-state index is 11.4. The second-order valence-electron chi connectivity index (χ2n) is 3.24. The van der Waals surface area contributed by atoms with Crippen molar-refractivity contribution >= 4 is 16.1 Å². The van der Waals surface area contributed by atoms with Crippen LogP contribution in [0.2, 0.25) is 0 Å². The van der Waals surface area contributed by atoms with Gasteiger partial charge in [0.15, 0.2) is 0 Å². The van der Waals surface area contributed by atoms with Crippen LogP contribution in [-0.4, -0.2) is 19.1 Å². The maximum absolute atomic E-state index is 11.4. The first-order valence-corrected chi connectivity index (χ1v) is 5.44. The van der Waals surface area contributed by atoms with Crippen molar-refractivity contribution in [2.24, 2.45) is 0 Å². The van der Waals surface area contributed by atoms with E-state index >= 15 is 0 Å². The van der Waals surface area contributed by atoms with Crippen molar-refractivity contribution in [3.05, 3.63) is 12.7 Å². The highest BCUT2D eigenvalue weighted by atomic mass is 32.2. The quantitative estimate of drug-likeness (QED) is 0.396. The van der Waals surface area contributed by atoms with Crippen LogP contribution in [0.1, 0.15) is 27.2 Å². The number of carbonyl (C=O) groups is 1. The van der Waals surface area contributed by atoms with Gasteiger partial charge in [-0.1, -0.05) is 17.8 Å². The van der Waals surface area contributed by atoms with E-state index in [0.29, 0.717) is 6.42 Å². The van der Waals surface area contributed by atoms with E-state index in [-0.39, 0.29) is 0 Å². The molecule has 0 fully saturated rings. The predicted molar refractivity (Wildman–Crippen MR) is 50.7 cm³/mol. The van der Waals surface area contributed by atoms with Gasteiger partial charge in [0.05, 0.1) is 4.75 Å². The number of hydrogen-bond donors (Lipinski definition) is 0. The van der Waals surface area contributed by atoms with E-state index in [4.69, 9.17) is 0 Å². The number of rotatable bonds is 5. The van der Waals surface area contributed by atoms with Crippen LogP contribution in [-0.2, 0) is 24.1 Å². The zero-order chi connectivity index (χ0) is 11.4. The minimum absolute atomic E-state index is 0.348. The molecule has 0 radical (unpaired) electrons. The fourth-order valence-corrected chi connectivity index (χ4v) is 1.08. The van der Waals surface area contributed by atoms with E-state index in [1.807, 2.05) is 0 Å². The van der Waals surface area contributed by atoms with E-state index in [0.717, 1.165) is 6.08 Å². The lowest BCUT2D eigenvalue weighted by Crippen LogP contribution is -2.33. The van der Waals surface area contributed by atoms with Gasteiger partial charge >= 0.3 is 16.1 Å². The van der Waals surface area contributed by atoms with Crippen molar-refractivity contribution in [3.8, 4) is 0 Å². The average molecular weight is 222 g/mol. The summed E-state index contributed by atoms with van der Waals surface area (Å²) in [5.74, 6) is -0.944. The highest BCUT2D eigenvalue weighted by Crippen LogP contribution is 2.22. The minimum Gasteiger partial charge on any atom is -0.277 e. The lowest BCUT2D eigenvalue weighted by molar-refractivity contribution is -0.205. The Morgan fingerprint density at radius 3 is 2.36 bits per heavy atom. The monoisotopic (exact) mass is 222 g/mol. The molecule has 0 aromatic carbocycles. The minimum atomic E-state index is -3.91. The Labute approximate surface area is 83.8 Å². The molecule has 0 spiro atoms. The fourth-order valence-electron chi connectivity index (χ4n) is 0.381. The van der Waals surface area contributed by atoms with E-state index in [1.165, 1.54) is 13.8 Å². The molecule has 6 heteroatoms. The molecule has 0 saturated carbocycles. The Bertz CT molecular complexity index is 315. The summed E-state index contributed by atoms with van der Waals surface area (Å²) in [5.41, 5.74) is 0. The lowest BCUT2D eigenvalue weighted by atomic mass is 10.1. The molecule has 0 aliphatic heterocycles. The van der Waals surface area contributed by atoms with Gasteiger partial charge in [0.2, 0.25) is 0 Å². The van der Waals surface area contributed by atoms with Crippen LogP contribution in [0.25, 0.3) is 0 Å². The van der Waals surface area contributed by atoms with Crippen molar-refractivity contribution in [1.29, 1.82) is 0 Å². The summed E-state index contributed by atoms with van der Waals surface area (Å²) < 4.78 is 25.7. The standard InChI is InChI=1S/C8H14O5S/c1-5-7(9)12-13-14(10,11)8(3,4)6-2/h5H,1,6H2,2-4H3. The summed E-state index contributed by atoms with van der Waals surface area (Å²) >= 11 is 0. The summed E-state index contributed by atoms with van der Waals surface area (Å²) in [4.78, 5) is 14.5. The normalized spacial score (nSPS) is 12.2. The Morgan fingerprint density at radius 2 is 2.00 bits per heavy atom. The van der Waals surface area contributed by atoms with Crippen molar-refractivity contribution in [2.75, 3.05) is 0 Å². The van der Waals surface area contributed by atoms with Crippen LogP contribution >= 0.6 is 0 Å². The summed E-state index contributed by atoms with van der Waals surface area (Å²) in [6, 6.07) is 0. The second-order valence-corrected chi connectivity index (χ2v) is 5.39. The lowest BCUT2D eigenvalue weighted by Gasteiger charge is -2.19. The van der Waals surface area contributed by atoms with E-state index in [1.54, 1.807) is 6.92 Å². The largest absolute Gasteiger partial charge is 0.366 e. The van der Waals surface area contributed by atoms with Gasteiger partial charge in [-0.25, -0.2) is 4.79 Å². The van der Waals surface area contributed by atoms with Gasteiger partial charge in [-0.05, 0) is 20.3 Å². The third-order valence-corrected chi connectivity index (χ3v) is 3.79. The molecule has 82 valence electrons. The molecule has 5 nitrogen and oxygen atoms in total. The summed E-state index contributed by atoms with van der Waals surface area (Å²) in [5, 5.41) is 0. The molecule has 0 heterocycles. The Kier molecular flexibility index (Phi) is 4.28. The van der Waals surface area contributed by atoms with Crippen LogP contribution in [0.3, 0.4) is 0 Å². The second kappa shape index (κ2) is 4.56. The predicted octanol–water partition coefficient (Wildman–Crippen LogP) is 1.17. The van der Waals surface area contributed by atoms with Gasteiger partial charge in [-0.3, -0.25) is 4.89 Å². The summed E-state index contributed by atoms with van der Waals surface area (Å²) in [6.45, 7) is 7.74. The Balaban J connectivity index is 4.52. The van der Waals surface area contributed by atoms with Crippen LogP contribution in [0.5, 0.6) is 0 Å². The molecule has 0 aromatic heterocycles. The summed E-state index contributed by atoms with van der Waals surface area (Å²) in [7, 11) is -3.91. The van der Waals surface area contributed by atoms with Crippen LogP contribution < -0.4 is 0 Å². The fraction of sp³-hybridized carbons (Fsp3) is 0.625. The molecule has 0 unspecified atom stereocenters. The Morgan fingerprint density at radius 1 is 1.50 bits per heavy atom. The molecule has 14 heavy (non-hydrogen) atoms. The van der Waals surface area contributed by atoms with Gasteiger partial charge in [0, 0.05) is 6.08 Å². The Hall–Kier alpha value is -0.880. The molecular weight excluding hydrogens is 208 g/mol. The first-order chi connectivity index (χ1) is 6.27. The topological polar surface area (TPSA) is 69.7 Å². The number of carbonyl (C=O) groups excluding carboxylic acids is 1. The molecule has 0 bridgehead atoms. The van der Waals surface area contributed by atoms with Crippen LogP contribution in [0, 0.1) is 0 Å². The van der Waals surface area contributed by atoms with Gasteiger partial charge in [0.25, 0.3) is 0 Å². The van der Waals surface area contributed by atoms with Crippen molar-refractivity contribution in [3.63, 3.8) is 0 Å². The van der Waals surface area contributed by atoms with Gasteiger partial charge in [-0.15, -0.1) is 0 Å². The van der Waals surface area contributed by atoms with Crippen LogP contribution in [0.4, 0.5) is 0 Å². The van der Waals surface area contributed by atoms with Gasteiger partial charge < -0.3 is 0 Å². The van der Waals surface area contributed by atoms with E-state index < -0.39 is 20.8 Å². The van der Waals surface area contributed by atoms with E-state index in [2.05, 4.69) is 15.8 Å². The van der Waals surface area contributed by atoms with Gasteiger partial charge in [0.1, 0.15) is 0 Å². The zero-order valence-corrected chi connectivity index (χ0v) is 9.26. The molecular formula is C8H14O5S. The SMILES string of the molecule is C=CC(=O)OOS(=O)(=O)C(C)(C)CC. The first-order valence-electron chi connectivity index (χ1n) is 4.04. The molecule has 0 aromatic rings.